The smallest absolute Gasteiger partial charge is 0.410 e. The lowest BCUT2D eigenvalue weighted by Gasteiger charge is -2.27. The van der Waals surface area contributed by atoms with Gasteiger partial charge in [-0.3, -0.25) is 0 Å². The molecule has 2 rings (SSSR count). The van der Waals surface area contributed by atoms with E-state index in [-0.39, 0.29) is 18.6 Å². The molecule has 1 aliphatic rings. The first-order valence-corrected chi connectivity index (χ1v) is 6.69. The van der Waals surface area contributed by atoms with Gasteiger partial charge >= 0.3 is 6.09 Å². The Labute approximate surface area is 114 Å². The lowest BCUT2D eigenvalue weighted by atomic mass is 9.90. The average molecular weight is 263 g/mol. The Morgan fingerprint density at radius 1 is 1.42 bits per heavy atom. The molecule has 4 nitrogen and oxygen atoms in total. The van der Waals surface area contributed by atoms with E-state index in [0.717, 1.165) is 5.56 Å². The molecule has 1 unspecified atom stereocenters. The number of hydrogen-bond donors (Lipinski definition) is 1. The maximum atomic E-state index is 11.9. The van der Waals surface area contributed by atoms with Gasteiger partial charge in [0.15, 0.2) is 0 Å². The van der Waals surface area contributed by atoms with Gasteiger partial charge in [-0.15, -0.1) is 0 Å². The Hall–Kier alpha value is -1.55. The molecule has 1 aliphatic heterocycles. The highest BCUT2D eigenvalue weighted by molar-refractivity contribution is 5.68. The van der Waals surface area contributed by atoms with Crippen LogP contribution in [0.3, 0.4) is 0 Å². The first-order valence-electron chi connectivity index (χ1n) is 6.69. The normalized spacial score (nSPS) is 22.8. The van der Waals surface area contributed by atoms with Gasteiger partial charge in [0.2, 0.25) is 0 Å². The number of hydrogen-bond acceptors (Lipinski definition) is 3. The first kappa shape index (κ1) is 13.9. The number of rotatable bonds is 3. The highest BCUT2D eigenvalue weighted by Crippen LogP contribution is 2.29. The molecule has 0 saturated carbocycles. The summed E-state index contributed by atoms with van der Waals surface area (Å²) in [7, 11) is 0. The molecule has 4 heteroatoms. The van der Waals surface area contributed by atoms with Crippen molar-refractivity contribution in [2.75, 3.05) is 13.1 Å². The van der Waals surface area contributed by atoms with E-state index in [4.69, 9.17) is 4.74 Å². The summed E-state index contributed by atoms with van der Waals surface area (Å²) in [5.74, 6) is 0.138. The molecule has 0 aliphatic carbocycles. The third kappa shape index (κ3) is 3.26. The monoisotopic (exact) mass is 263 g/mol. The predicted molar refractivity (Wildman–Crippen MR) is 72.6 cm³/mol. The summed E-state index contributed by atoms with van der Waals surface area (Å²) in [4.78, 5) is 13.5. The van der Waals surface area contributed by atoms with Gasteiger partial charge in [0.25, 0.3) is 0 Å². The number of likely N-dealkylation sites (tertiary alicyclic amines) is 1. The summed E-state index contributed by atoms with van der Waals surface area (Å²) < 4.78 is 5.26. The van der Waals surface area contributed by atoms with Crippen LogP contribution in [-0.2, 0) is 11.3 Å². The molecule has 19 heavy (non-hydrogen) atoms. The van der Waals surface area contributed by atoms with Crippen LogP contribution in [-0.4, -0.2) is 34.8 Å². The van der Waals surface area contributed by atoms with Crippen molar-refractivity contribution in [3.05, 3.63) is 35.9 Å². The third-order valence-electron chi connectivity index (χ3n) is 3.82. The van der Waals surface area contributed by atoms with Crippen molar-refractivity contribution in [3.63, 3.8) is 0 Å². The van der Waals surface area contributed by atoms with Crippen molar-refractivity contribution in [2.45, 2.75) is 32.5 Å². The summed E-state index contributed by atoms with van der Waals surface area (Å²) in [6.45, 7) is 5.13. The number of β-amino-alcohol motifs (C(OH)–C–C–N with tert-alkyl or cyclic N) is 1. The standard InChI is InChI=1S/C15H21NO3/c1-12(2)15(18)8-9-16(11-15)14(17)19-10-13-6-4-3-5-7-13/h3-7,12,18H,8-11H2,1-2H3. The number of carbonyl (C=O) groups excluding carboxylic acids is 1. The maximum absolute atomic E-state index is 11.9. The van der Waals surface area contributed by atoms with Gasteiger partial charge in [-0.05, 0) is 17.9 Å². The lowest BCUT2D eigenvalue weighted by Crippen LogP contribution is -2.40. The number of nitrogens with zero attached hydrogens (tertiary/aromatic N) is 1. The van der Waals surface area contributed by atoms with Crippen LogP contribution in [0.4, 0.5) is 4.79 Å². The van der Waals surface area contributed by atoms with E-state index in [9.17, 15) is 9.90 Å². The van der Waals surface area contributed by atoms with Crippen molar-refractivity contribution in [1.29, 1.82) is 0 Å². The van der Waals surface area contributed by atoms with E-state index >= 15 is 0 Å². The van der Waals surface area contributed by atoms with E-state index in [2.05, 4.69) is 0 Å². The molecular weight excluding hydrogens is 242 g/mol. The van der Waals surface area contributed by atoms with Gasteiger partial charge in [-0.25, -0.2) is 4.79 Å². The minimum Gasteiger partial charge on any atom is -0.445 e. The number of benzene rings is 1. The molecule has 1 amide bonds. The third-order valence-corrected chi connectivity index (χ3v) is 3.82. The SMILES string of the molecule is CC(C)C1(O)CCN(C(=O)OCc2ccccc2)C1. The second kappa shape index (κ2) is 5.61. The van der Waals surface area contributed by atoms with Gasteiger partial charge < -0.3 is 14.7 Å². The van der Waals surface area contributed by atoms with E-state index in [1.54, 1.807) is 4.90 Å². The van der Waals surface area contributed by atoms with Gasteiger partial charge in [0.05, 0.1) is 12.1 Å². The molecule has 1 aromatic carbocycles. The van der Waals surface area contributed by atoms with Crippen LogP contribution < -0.4 is 0 Å². The van der Waals surface area contributed by atoms with Crippen LogP contribution in [0.2, 0.25) is 0 Å². The van der Waals surface area contributed by atoms with Gasteiger partial charge in [0, 0.05) is 6.54 Å². The van der Waals surface area contributed by atoms with Crippen molar-refractivity contribution >= 4 is 6.09 Å². The fourth-order valence-electron chi connectivity index (χ4n) is 2.25. The first-order chi connectivity index (χ1) is 9.01. The molecule has 0 spiro atoms. The second-order valence-corrected chi connectivity index (χ2v) is 5.47. The summed E-state index contributed by atoms with van der Waals surface area (Å²) in [5.41, 5.74) is 0.195. The van der Waals surface area contributed by atoms with Crippen LogP contribution in [0, 0.1) is 5.92 Å². The molecular formula is C15H21NO3. The highest BCUT2D eigenvalue weighted by Gasteiger charge is 2.41. The number of amides is 1. The molecule has 0 aromatic heterocycles. The van der Waals surface area contributed by atoms with Crippen molar-refractivity contribution in [1.82, 2.24) is 4.90 Å². The Morgan fingerprint density at radius 2 is 2.11 bits per heavy atom. The largest absolute Gasteiger partial charge is 0.445 e. The Balaban J connectivity index is 1.85. The number of ether oxygens (including phenoxy) is 1. The summed E-state index contributed by atoms with van der Waals surface area (Å²) in [6.07, 6.45) is 0.269. The summed E-state index contributed by atoms with van der Waals surface area (Å²) in [6, 6.07) is 9.59. The summed E-state index contributed by atoms with van der Waals surface area (Å²) in [5, 5.41) is 10.3. The molecule has 1 N–H and O–H groups in total. The molecule has 1 atom stereocenters. The Morgan fingerprint density at radius 3 is 2.68 bits per heavy atom. The van der Waals surface area contributed by atoms with Crippen molar-refractivity contribution in [2.24, 2.45) is 5.92 Å². The van der Waals surface area contributed by atoms with Crippen LogP contribution in [0.25, 0.3) is 0 Å². The van der Waals surface area contributed by atoms with E-state index in [0.29, 0.717) is 19.5 Å². The molecule has 1 saturated heterocycles. The van der Waals surface area contributed by atoms with E-state index < -0.39 is 5.60 Å². The van der Waals surface area contributed by atoms with Gasteiger partial charge in [0.1, 0.15) is 6.61 Å². The number of carbonyl (C=O) groups is 1. The summed E-state index contributed by atoms with van der Waals surface area (Å²) >= 11 is 0. The fraction of sp³-hybridized carbons (Fsp3) is 0.533. The zero-order valence-corrected chi connectivity index (χ0v) is 11.5. The van der Waals surface area contributed by atoms with E-state index in [1.165, 1.54) is 0 Å². The molecule has 1 aromatic rings. The predicted octanol–water partition coefficient (Wildman–Crippen LogP) is 2.42. The van der Waals surface area contributed by atoms with Crippen LogP contribution in [0.15, 0.2) is 30.3 Å². The minimum atomic E-state index is -0.772. The Kier molecular flexibility index (Phi) is 4.10. The van der Waals surface area contributed by atoms with Crippen molar-refractivity contribution in [3.8, 4) is 0 Å². The van der Waals surface area contributed by atoms with Crippen LogP contribution in [0.5, 0.6) is 0 Å². The molecule has 104 valence electrons. The van der Waals surface area contributed by atoms with Crippen LogP contribution in [0.1, 0.15) is 25.8 Å². The molecule has 0 radical (unpaired) electrons. The fourth-order valence-corrected chi connectivity index (χ4v) is 2.25. The molecule has 0 bridgehead atoms. The Bertz CT molecular complexity index is 432. The van der Waals surface area contributed by atoms with Gasteiger partial charge in [-0.2, -0.15) is 0 Å². The average Bonchev–Trinajstić information content (AvgIpc) is 2.81. The quantitative estimate of drug-likeness (QED) is 0.911. The minimum absolute atomic E-state index is 0.138. The molecule has 1 heterocycles. The zero-order chi connectivity index (χ0) is 13.9. The maximum Gasteiger partial charge on any atom is 0.410 e. The topological polar surface area (TPSA) is 49.8 Å². The number of aliphatic hydroxyl groups is 1. The van der Waals surface area contributed by atoms with E-state index in [1.807, 2.05) is 44.2 Å². The second-order valence-electron chi connectivity index (χ2n) is 5.47. The lowest BCUT2D eigenvalue weighted by molar-refractivity contribution is 0.00357. The van der Waals surface area contributed by atoms with Crippen molar-refractivity contribution < 1.29 is 14.6 Å². The highest BCUT2D eigenvalue weighted by atomic mass is 16.6. The van der Waals surface area contributed by atoms with Gasteiger partial charge in [-0.1, -0.05) is 44.2 Å². The molecule has 1 fully saturated rings. The van der Waals surface area contributed by atoms with Crippen LogP contribution >= 0.6 is 0 Å². The zero-order valence-electron chi connectivity index (χ0n) is 11.5.